The average Bonchev–Trinajstić information content (AvgIpc) is 2.83. The predicted octanol–water partition coefficient (Wildman–Crippen LogP) is 2.07. The molecule has 0 amide bonds. The summed E-state index contributed by atoms with van der Waals surface area (Å²) in [5.41, 5.74) is 3.13. The number of hydrogen-bond acceptors (Lipinski definition) is 2. The highest BCUT2D eigenvalue weighted by Crippen LogP contribution is 2.15. The molecule has 0 unspecified atom stereocenters. The van der Waals surface area contributed by atoms with Crippen molar-refractivity contribution in [2.24, 2.45) is 0 Å². The van der Waals surface area contributed by atoms with Crippen LogP contribution in [-0.2, 0) is 6.54 Å². The molecule has 1 aromatic rings. The summed E-state index contributed by atoms with van der Waals surface area (Å²) < 4.78 is 2.15. The summed E-state index contributed by atoms with van der Waals surface area (Å²) >= 11 is 0. The number of nitrogens with zero attached hydrogens (tertiary/aromatic N) is 3. The molecule has 0 saturated carbocycles. The number of nitriles is 1. The number of hydrogen-bond donors (Lipinski definition) is 0. The summed E-state index contributed by atoms with van der Waals surface area (Å²) in [5, 5.41) is 9.12. The van der Waals surface area contributed by atoms with Gasteiger partial charge in [0, 0.05) is 18.8 Å². The lowest BCUT2D eigenvalue weighted by Crippen LogP contribution is -2.24. The van der Waals surface area contributed by atoms with Crippen LogP contribution in [0.5, 0.6) is 0 Å². The molecule has 0 N–H and O–H groups in total. The van der Waals surface area contributed by atoms with E-state index in [-0.39, 0.29) is 0 Å². The molecule has 0 spiro atoms. The second-order valence-electron chi connectivity index (χ2n) is 4.63. The second-order valence-corrected chi connectivity index (χ2v) is 4.63. The van der Waals surface area contributed by atoms with Crippen molar-refractivity contribution in [3.8, 4) is 6.07 Å². The highest BCUT2D eigenvalue weighted by molar-refractivity contribution is 5.35. The van der Waals surface area contributed by atoms with E-state index in [9.17, 15) is 0 Å². The average molecular weight is 217 g/mol. The van der Waals surface area contributed by atoms with Crippen LogP contribution in [-0.4, -0.2) is 29.1 Å². The van der Waals surface area contributed by atoms with Crippen LogP contribution in [0.25, 0.3) is 0 Å². The maximum Gasteiger partial charge on any atom is 0.123 e. The van der Waals surface area contributed by atoms with Crippen LogP contribution in [0.1, 0.15) is 29.8 Å². The van der Waals surface area contributed by atoms with E-state index in [0.717, 1.165) is 24.3 Å². The molecule has 0 radical (unpaired) electrons. The Balaban J connectivity index is 2.06. The molecular formula is C13H19N3. The molecule has 0 bridgehead atoms. The van der Waals surface area contributed by atoms with Gasteiger partial charge < -0.3 is 9.47 Å². The summed E-state index contributed by atoms with van der Waals surface area (Å²) in [6.07, 6.45) is 2.66. The third-order valence-corrected chi connectivity index (χ3v) is 3.44. The van der Waals surface area contributed by atoms with Gasteiger partial charge in [0.1, 0.15) is 11.8 Å². The first-order chi connectivity index (χ1) is 7.72. The van der Waals surface area contributed by atoms with Crippen LogP contribution < -0.4 is 0 Å². The minimum Gasteiger partial charge on any atom is -0.335 e. The van der Waals surface area contributed by atoms with Crippen LogP contribution in [0.2, 0.25) is 0 Å². The van der Waals surface area contributed by atoms with E-state index in [2.05, 4.69) is 28.5 Å². The summed E-state index contributed by atoms with van der Waals surface area (Å²) in [7, 11) is 0. The fraction of sp³-hybridized carbons (Fsp3) is 0.615. The third-order valence-electron chi connectivity index (χ3n) is 3.44. The van der Waals surface area contributed by atoms with E-state index in [0.29, 0.717) is 0 Å². The monoisotopic (exact) mass is 217 g/mol. The van der Waals surface area contributed by atoms with Gasteiger partial charge in [-0.2, -0.15) is 5.26 Å². The largest absolute Gasteiger partial charge is 0.335 e. The first-order valence-corrected chi connectivity index (χ1v) is 6.01. The fourth-order valence-corrected chi connectivity index (χ4v) is 2.53. The van der Waals surface area contributed by atoms with E-state index in [1.54, 1.807) is 0 Å². The molecule has 0 aromatic carbocycles. The lowest BCUT2D eigenvalue weighted by Gasteiger charge is -2.16. The molecule has 86 valence electrons. The van der Waals surface area contributed by atoms with Crippen molar-refractivity contribution in [2.45, 2.75) is 33.2 Å². The maximum atomic E-state index is 9.12. The second kappa shape index (κ2) is 4.71. The van der Waals surface area contributed by atoms with E-state index < -0.39 is 0 Å². The lowest BCUT2D eigenvalue weighted by atomic mass is 10.3. The normalized spacial score (nSPS) is 16.6. The topological polar surface area (TPSA) is 32.0 Å². The van der Waals surface area contributed by atoms with Crippen molar-refractivity contribution in [1.29, 1.82) is 5.26 Å². The predicted molar refractivity (Wildman–Crippen MR) is 64.3 cm³/mol. The number of rotatable bonds is 3. The minimum atomic E-state index is 0.830. The zero-order valence-corrected chi connectivity index (χ0v) is 10.2. The van der Waals surface area contributed by atoms with Gasteiger partial charge in [0.25, 0.3) is 0 Å². The molecule has 1 fully saturated rings. The Morgan fingerprint density at radius 1 is 1.25 bits per heavy atom. The Hall–Kier alpha value is -1.27. The molecule has 1 saturated heterocycles. The number of aromatic nitrogens is 1. The van der Waals surface area contributed by atoms with Crippen molar-refractivity contribution in [3.05, 3.63) is 23.0 Å². The Bertz CT molecular complexity index is 406. The summed E-state index contributed by atoms with van der Waals surface area (Å²) in [4.78, 5) is 2.48. The molecule has 0 atom stereocenters. The van der Waals surface area contributed by atoms with Crippen molar-refractivity contribution < 1.29 is 0 Å². The van der Waals surface area contributed by atoms with Gasteiger partial charge in [-0.15, -0.1) is 0 Å². The quantitative estimate of drug-likeness (QED) is 0.776. The van der Waals surface area contributed by atoms with Crippen LogP contribution in [0.4, 0.5) is 0 Å². The Labute approximate surface area is 97.3 Å². The van der Waals surface area contributed by atoms with Crippen LogP contribution in [0.3, 0.4) is 0 Å². The van der Waals surface area contributed by atoms with Crippen LogP contribution in [0, 0.1) is 25.2 Å². The Kier molecular flexibility index (Phi) is 3.31. The molecule has 0 aliphatic carbocycles. The van der Waals surface area contributed by atoms with Gasteiger partial charge in [-0.25, -0.2) is 0 Å². The Morgan fingerprint density at radius 2 is 1.94 bits per heavy atom. The van der Waals surface area contributed by atoms with Gasteiger partial charge >= 0.3 is 0 Å². The molecule has 1 aliphatic rings. The van der Waals surface area contributed by atoms with Crippen molar-refractivity contribution in [3.63, 3.8) is 0 Å². The zero-order valence-electron chi connectivity index (χ0n) is 10.2. The molecule has 1 aliphatic heterocycles. The number of aryl methyl sites for hydroxylation is 2. The number of likely N-dealkylation sites (tertiary alicyclic amines) is 1. The van der Waals surface area contributed by atoms with E-state index in [1.807, 2.05) is 6.92 Å². The van der Waals surface area contributed by atoms with E-state index in [4.69, 9.17) is 5.26 Å². The molecule has 2 rings (SSSR count). The van der Waals surface area contributed by atoms with Gasteiger partial charge in [-0.1, -0.05) is 0 Å². The smallest absolute Gasteiger partial charge is 0.123 e. The highest BCUT2D eigenvalue weighted by atomic mass is 15.2. The maximum absolute atomic E-state index is 9.12. The highest BCUT2D eigenvalue weighted by Gasteiger charge is 2.13. The molecule has 3 nitrogen and oxygen atoms in total. The standard InChI is InChI=1S/C13H19N3/c1-11-9-12(2)16(13(11)10-14)8-7-15-5-3-4-6-15/h9H,3-8H2,1-2H3. The summed E-state index contributed by atoms with van der Waals surface area (Å²) in [6.45, 7) is 8.56. The SMILES string of the molecule is Cc1cc(C)n(CCN2CCCC2)c1C#N. The van der Waals surface area contributed by atoms with Gasteiger partial charge in [0.2, 0.25) is 0 Å². The first kappa shape index (κ1) is 11.2. The zero-order chi connectivity index (χ0) is 11.5. The van der Waals surface area contributed by atoms with Gasteiger partial charge in [-0.3, -0.25) is 0 Å². The fourth-order valence-electron chi connectivity index (χ4n) is 2.53. The summed E-state index contributed by atoms with van der Waals surface area (Å²) in [5.74, 6) is 0. The first-order valence-electron chi connectivity index (χ1n) is 6.01. The molecule has 16 heavy (non-hydrogen) atoms. The molecular weight excluding hydrogens is 198 g/mol. The minimum absolute atomic E-state index is 0.830. The molecule has 3 heteroatoms. The van der Waals surface area contributed by atoms with Gasteiger partial charge in [0.05, 0.1) is 0 Å². The van der Waals surface area contributed by atoms with Crippen molar-refractivity contribution in [1.82, 2.24) is 9.47 Å². The van der Waals surface area contributed by atoms with E-state index in [1.165, 1.54) is 31.6 Å². The van der Waals surface area contributed by atoms with Crippen molar-refractivity contribution >= 4 is 0 Å². The molecule has 2 heterocycles. The third kappa shape index (κ3) is 2.12. The van der Waals surface area contributed by atoms with Crippen LogP contribution >= 0.6 is 0 Å². The van der Waals surface area contributed by atoms with Gasteiger partial charge in [-0.05, 0) is 51.4 Å². The van der Waals surface area contributed by atoms with Crippen LogP contribution in [0.15, 0.2) is 6.07 Å². The Morgan fingerprint density at radius 3 is 2.56 bits per heavy atom. The lowest BCUT2D eigenvalue weighted by molar-refractivity contribution is 0.321. The van der Waals surface area contributed by atoms with Gasteiger partial charge in [0.15, 0.2) is 0 Å². The van der Waals surface area contributed by atoms with E-state index >= 15 is 0 Å². The molecule has 1 aromatic heterocycles. The summed E-state index contributed by atoms with van der Waals surface area (Å²) in [6, 6.07) is 4.40. The van der Waals surface area contributed by atoms with Crippen molar-refractivity contribution in [2.75, 3.05) is 19.6 Å².